The summed E-state index contributed by atoms with van der Waals surface area (Å²) in [5, 5.41) is 17.3. The predicted octanol–water partition coefficient (Wildman–Crippen LogP) is -0.148. The number of nitrogens with one attached hydrogen (secondary N) is 2. The van der Waals surface area contributed by atoms with Crippen molar-refractivity contribution in [3.63, 3.8) is 0 Å². The Kier molecular flexibility index (Phi) is 5.66. The molecule has 0 fully saturated rings. The van der Waals surface area contributed by atoms with E-state index in [-0.39, 0.29) is 24.2 Å². The van der Waals surface area contributed by atoms with Crippen LogP contribution in [-0.4, -0.2) is 37.1 Å². The minimum atomic E-state index is -0.263. The van der Waals surface area contributed by atoms with E-state index in [1.54, 1.807) is 7.05 Å². The van der Waals surface area contributed by atoms with Crippen LogP contribution in [0, 0.1) is 0 Å². The Bertz CT molecular complexity index is 406. The van der Waals surface area contributed by atoms with Crippen LogP contribution < -0.4 is 16.4 Å². The van der Waals surface area contributed by atoms with Crippen molar-refractivity contribution in [3.05, 3.63) is 35.9 Å². The summed E-state index contributed by atoms with van der Waals surface area (Å²) < 4.78 is 0. The fourth-order valence-electron chi connectivity index (χ4n) is 1.57. The van der Waals surface area contributed by atoms with Crippen molar-refractivity contribution in [1.29, 1.82) is 0 Å². The van der Waals surface area contributed by atoms with Crippen LogP contribution in [0.4, 0.5) is 0 Å². The number of nitrogens with two attached hydrogens (primary N) is 1. The number of amides is 1. The van der Waals surface area contributed by atoms with Crippen molar-refractivity contribution < 1.29 is 10.0 Å². The van der Waals surface area contributed by atoms with Crippen LogP contribution in [0.25, 0.3) is 0 Å². The molecule has 6 heteroatoms. The Hall–Kier alpha value is -2.08. The number of amidine groups is 1. The Labute approximate surface area is 106 Å². The number of hydrogen-bond acceptors (Lipinski definition) is 4. The molecule has 0 aliphatic rings. The minimum Gasteiger partial charge on any atom is -0.409 e. The molecule has 6 nitrogen and oxygen atoms in total. The molecule has 1 rings (SSSR count). The van der Waals surface area contributed by atoms with Gasteiger partial charge in [-0.25, -0.2) is 0 Å². The number of rotatable bonds is 6. The summed E-state index contributed by atoms with van der Waals surface area (Å²) in [5.41, 5.74) is 6.59. The molecule has 0 radical (unpaired) electrons. The van der Waals surface area contributed by atoms with E-state index in [4.69, 9.17) is 10.9 Å². The van der Waals surface area contributed by atoms with Crippen molar-refractivity contribution in [1.82, 2.24) is 10.6 Å². The third-order valence-electron chi connectivity index (χ3n) is 2.59. The maximum atomic E-state index is 11.1. The first-order chi connectivity index (χ1) is 8.69. The number of hydrogen-bond donors (Lipinski definition) is 4. The molecule has 0 aromatic heterocycles. The van der Waals surface area contributed by atoms with Gasteiger partial charge in [-0.15, -0.1) is 0 Å². The van der Waals surface area contributed by atoms with Gasteiger partial charge >= 0.3 is 0 Å². The number of carbonyl (C=O) groups excluding carboxylic acids is 1. The van der Waals surface area contributed by atoms with Gasteiger partial charge in [0.15, 0.2) is 0 Å². The largest absolute Gasteiger partial charge is 0.409 e. The number of carbonyl (C=O) groups is 1. The molecular formula is C12H18N4O2. The van der Waals surface area contributed by atoms with Crippen LogP contribution in [0.5, 0.6) is 0 Å². The lowest BCUT2D eigenvalue weighted by molar-refractivity contribution is -0.119. The molecule has 98 valence electrons. The topological polar surface area (TPSA) is 99.7 Å². The fraction of sp³-hybridized carbons (Fsp3) is 0.333. The molecule has 5 N–H and O–H groups in total. The smallest absolute Gasteiger partial charge is 0.233 e. The molecule has 0 spiro atoms. The SMILES string of the molecule is CNC(=O)CNCC(C(N)=NO)c1ccccc1. The average Bonchev–Trinajstić information content (AvgIpc) is 2.43. The van der Waals surface area contributed by atoms with Crippen LogP contribution >= 0.6 is 0 Å². The Balaban J connectivity index is 2.66. The van der Waals surface area contributed by atoms with E-state index in [1.165, 1.54) is 0 Å². The van der Waals surface area contributed by atoms with Crippen LogP contribution in [0.15, 0.2) is 35.5 Å². The molecular weight excluding hydrogens is 232 g/mol. The van der Waals surface area contributed by atoms with Gasteiger partial charge in [0.05, 0.1) is 12.5 Å². The highest BCUT2D eigenvalue weighted by Crippen LogP contribution is 2.14. The van der Waals surface area contributed by atoms with Crippen LogP contribution in [0.1, 0.15) is 11.5 Å². The predicted molar refractivity (Wildman–Crippen MR) is 69.5 cm³/mol. The molecule has 1 aromatic rings. The monoisotopic (exact) mass is 250 g/mol. The summed E-state index contributed by atoms with van der Waals surface area (Å²) in [4.78, 5) is 11.1. The van der Waals surface area contributed by atoms with E-state index in [0.717, 1.165) is 5.56 Å². The normalized spacial score (nSPS) is 13.1. The zero-order valence-corrected chi connectivity index (χ0v) is 10.3. The van der Waals surface area contributed by atoms with E-state index in [0.29, 0.717) is 6.54 Å². The number of oxime groups is 1. The molecule has 1 unspecified atom stereocenters. The summed E-state index contributed by atoms with van der Waals surface area (Å²) in [6.07, 6.45) is 0. The van der Waals surface area contributed by atoms with Crippen molar-refractivity contribution >= 4 is 11.7 Å². The summed E-state index contributed by atoms with van der Waals surface area (Å²) in [6, 6.07) is 9.44. The third-order valence-corrected chi connectivity index (χ3v) is 2.59. The van der Waals surface area contributed by atoms with Crippen molar-refractivity contribution in [2.45, 2.75) is 5.92 Å². The molecule has 0 aliphatic heterocycles. The second-order valence-electron chi connectivity index (χ2n) is 3.79. The Morgan fingerprint density at radius 2 is 2.11 bits per heavy atom. The van der Waals surface area contributed by atoms with Gasteiger partial charge in [-0.05, 0) is 5.56 Å². The molecule has 1 aromatic carbocycles. The van der Waals surface area contributed by atoms with Crippen molar-refractivity contribution in [2.75, 3.05) is 20.1 Å². The average molecular weight is 250 g/mol. The van der Waals surface area contributed by atoms with Gasteiger partial charge in [0.2, 0.25) is 5.91 Å². The highest BCUT2D eigenvalue weighted by molar-refractivity contribution is 5.87. The number of likely N-dealkylation sites (N-methyl/N-ethyl adjacent to an activating group) is 1. The highest BCUT2D eigenvalue weighted by Gasteiger charge is 2.16. The molecule has 1 atom stereocenters. The standard InChI is InChI=1S/C12H18N4O2/c1-14-11(17)8-15-7-10(12(13)16-18)9-5-3-2-4-6-9/h2-6,10,15,18H,7-8H2,1H3,(H2,13,16)(H,14,17). The lowest BCUT2D eigenvalue weighted by Gasteiger charge is -2.16. The lowest BCUT2D eigenvalue weighted by atomic mass is 9.98. The number of benzene rings is 1. The van der Waals surface area contributed by atoms with E-state index in [2.05, 4.69) is 15.8 Å². The van der Waals surface area contributed by atoms with Gasteiger partial charge in [-0.2, -0.15) is 0 Å². The molecule has 0 saturated carbocycles. The number of nitrogens with zero attached hydrogens (tertiary/aromatic N) is 1. The molecule has 0 bridgehead atoms. The van der Waals surface area contributed by atoms with Crippen LogP contribution in [-0.2, 0) is 4.79 Å². The second-order valence-corrected chi connectivity index (χ2v) is 3.79. The zero-order valence-electron chi connectivity index (χ0n) is 10.3. The Morgan fingerprint density at radius 1 is 1.44 bits per heavy atom. The van der Waals surface area contributed by atoms with Gasteiger partial charge in [-0.3, -0.25) is 4.79 Å². The van der Waals surface area contributed by atoms with Gasteiger partial charge in [0.1, 0.15) is 5.84 Å². The van der Waals surface area contributed by atoms with Crippen molar-refractivity contribution in [2.24, 2.45) is 10.9 Å². The minimum absolute atomic E-state index is 0.110. The Morgan fingerprint density at radius 3 is 2.67 bits per heavy atom. The first-order valence-electron chi connectivity index (χ1n) is 5.62. The van der Waals surface area contributed by atoms with Crippen LogP contribution in [0.3, 0.4) is 0 Å². The van der Waals surface area contributed by atoms with Gasteiger partial charge in [-0.1, -0.05) is 35.5 Å². The summed E-state index contributed by atoms with van der Waals surface area (Å²) in [5.74, 6) is -0.257. The molecule has 18 heavy (non-hydrogen) atoms. The molecule has 1 amide bonds. The maximum Gasteiger partial charge on any atom is 0.233 e. The quantitative estimate of drug-likeness (QED) is 0.244. The fourth-order valence-corrected chi connectivity index (χ4v) is 1.57. The first-order valence-corrected chi connectivity index (χ1v) is 5.62. The molecule has 0 heterocycles. The molecule has 0 saturated heterocycles. The second kappa shape index (κ2) is 7.29. The lowest BCUT2D eigenvalue weighted by Crippen LogP contribution is -2.37. The zero-order chi connectivity index (χ0) is 13.4. The first kappa shape index (κ1) is 14.0. The summed E-state index contributed by atoms with van der Waals surface area (Å²) in [7, 11) is 1.57. The van der Waals surface area contributed by atoms with E-state index in [9.17, 15) is 4.79 Å². The van der Waals surface area contributed by atoms with Gasteiger partial charge in [0.25, 0.3) is 0 Å². The van der Waals surface area contributed by atoms with Gasteiger partial charge in [0, 0.05) is 13.6 Å². The van der Waals surface area contributed by atoms with E-state index >= 15 is 0 Å². The third kappa shape index (κ3) is 4.06. The maximum absolute atomic E-state index is 11.1. The summed E-state index contributed by atoms with van der Waals surface area (Å²) >= 11 is 0. The van der Waals surface area contributed by atoms with Crippen LogP contribution in [0.2, 0.25) is 0 Å². The van der Waals surface area contributed by atoms with E-state index in [1.807, 2.05) is 30.3 Å². The van der Waals surface area contributed by atoms with E-state index < -0.39 is 0 Å². The highest BCUT2D eigenvalue weighted by atomic mass is 16.4. The van der Waals surface area contributed by atoms with Crippen molar-refractivity contribution in [3.8, 4) is 0 Å². The summed E-state index contributed by atoms with van der Waals surface area (Å²) in [6.45, 7) is 0.617. The molecule has 0 aliphatic carbocycles. The van der Waals surface area contributed by atoms with Gasteiger partial charge < -0.3 is 21.6 Å².